The predicted octanol–water partition coefficient (Wildman–Crippen LogP) is 16.5. The lowest BCUT2D eigenvalue weighted by molar-refractivity contribution is -0.393. The number of rotatable bonds is 38. The summed E-state index contributed by atoms with van der Waals surface area (Å²) in [6.07, 6.45) is -13.7. The molecule has 9 aromatic rings. The van der Waals surface area contributed by atoms with Gasteiger partial charge in [0.25, 0.3) is 0 Å². The third-order valence-electron chi connectivity index (χ3n) is 19.6. The molecule has 0 aromatic heterocycles. The van der Waals surface area contributed by atoms with E-state index in [1.807, 2.05) is 249 Å². The normalized spacial score (nSPS) is 25.1. The highest BCUT2D eigenvalue weighted by molar-refractivity contribution is 6.73. The van der Waals surface area contributed by atoms with Gasteiger partial charge in [-0.1, -0.05) is 294 Å². The van der Waals surface area contributed by atoms with E-state index in [0.717, 1.165) is 68.2 Å². The first-order valence-corrected chi connectivity index (χ1v) is 39.1. The summed E-state index contributed by atoms with van der Waals surface area (Å²) in [5.41, 5.74) is 8.60. The third-order valence-corrected chi connectivity index (χ3v) is 24.2. The highest BCUT2D eigenvalue weighted by Gasteiger charge is 2.57. The highest BCUT2D eigenvalue weighted by Crippen LogP contribution is 2.41. The van der Waals surface area contributed by atoms with Crippen LogP contribution in [0.2, 0.25) is 18.1 Å². The Bertz CT molecular complexity index is 3760. The van der Waals surface area contributed by atoms with Crippen LogP contribution in [0.4, 0.5) is 0 Å². The minimum absolute atomic E-state index is 0.00204. The van der Waals surface area contributed by atoms with Crippen molar-refractivity contribution in [2.24, 2.45) is 0 Å². The summed E-state index contributed by atoms with van der Waals surface area (Å²) < 4.78 is 110. The summed E-state index contributed by atoms with van der Waals surface area (Å²) >= 11 is 0. The van der Waals surface area contributed by atoms with Gasteiger partial charge in [0.05, 0.1) is 84.9 Å². The standard InChI is InChI=1S/C87H100O15Si/c1-5-103(6-2,7-3)102-76-64(4)97-86(83(94-59-71-47-29-14-30-48-71)79(76)90-55-67-39-21-10-22-40-67)100-78-75(63-89-54-66-37-19-9-20-38-66)99-87(84(95-60-72-49-31-15-32-50-72)81(78)92-57-69-43-25-12-26-44-69)101-77-74(62-88-53-65-35-17-8-18-36-65)98-85(96-61-73-51-33-16-34-52-73)82(93-58-70-45-27-13-28-46-70)80(77)91-56-68-41-23-11-24-42-68/h8-52,64,74-87H,5-7,53-63H2,1-4H3/t64-,74-,75-,76+,77-,78-,79+,80+,81+,82-,83-,84-,85-,86+,87-/m1/s1. The molecule has 15 atom stereocenters. The van der Waals surface area contributed by atoms with Crippen LogP contribution in [0.3, 0.4) is 0 Å². The molecular formula is C87H100O15Si. The van der Waals surface area contributed by atoms with Gasteiger partial charge < -0.3 is 70.7 Å². The zero-order valence-electron chi connectivity index (χ0n) is 59.7. The van der Waals surface area contributed by atoms with Crippen molar-refractivity contribution in [3.8, 4) is 0 Å². The predicted molar refractivity (Wildman–Crippen MR) is 397 cm³/mol. The number of ether oxygens (including phenoxy) is 14. The molecule has 0 spiro atoms. The molecule has 103 heavy (non-hydrogen) atoms. The molecule has 3 fully saturated rings. The zero-order chi connectivity index (χ0) is 70.7. The van der Waals surface area contributed by atoms with Gasteiger partial charge in [-0.25, -0.2) is 0 Å². The molecule has 3 aliphatic rings. The van der Waals surface area contributed by atoms with Crippen molar-refractivity contribution < 1.29 is 70.7 Å². The Kier molecular flexibility index (Phi) is 29.0. The van der Waals surface area contributed by atoms with Crippen molar-refractivity contribution in [1.82, 2.24) is 0 Å². The second kappa shape index (κ2) is 39.6. The van der Waals surface area contributed by atoms with E-state index in [1.165, 1.54) is 0 Å². The lowest BCUT2D eigenvalue weighted by atomic mass is 9.95. The fourth-order valence-corrected chi connectivity index (χ4v) is 16.5. The van der Waals surface area contributed by atoms with Gasteiger partial charge in [-0.05, 0) is 75.1 Å². The lowest BCUT2D eigenvalue weighted by Gasteiger charge is -2.52. The maximum atomic E-state index is 7.88. The average Bonchev–Trinajstić information content (AvgIpc) is 0.765. The summed E-state index contributed by atoms with van der Waals surface area (Å²) in [6.45, 7) is 10.7. The van der Waals surface area contributed by atoms with E-state index in [9.17, 15) is 0 Å². The quantitative estimate of drug-likeness (QED) is 0.0339. The van der Waals surface area contributed by atoms with Crippen LogP contribution < -0.4 is 0 Å². The van der Waals surface area contributed by atoms with Crippen molar-refractivity contribution in [2.75, 3.05) is 13.2 Å². The fraction of sp³-hybridized carbons (Fsp3) is 0.379. The summed E-state index contributed by atoms with van der Waals surface area (Å²) in [5, 5.41) is 0. The lowest BCUT2D eigenvalue weighted by Crippen LogP contribution is -2.68. The maximum Gasteiger partial charge on any atom is 0.192 e. The molecule has 0 bridgehead atoms. The number of hydrogen-bond acceptors (Lipinski definition) is 15. The van der Waals surface area contributed by atoms with E-state index in [0.29, 0.717) is 0 Å². The molecule has 542 valence electrons. The van der Waals surface area contributed by atoms with Crippen molar-refractivity contribution in [3.05, 3.63) is 323 Å². The van der Waals surface area contributed by atoms with Crippen LogP contribution in [0.25, 0.3) is 0 Å². The Hall–Kier alpha value is -7.40. The van der Waals surface area contributed by atoms with Crippen molar-refractivity contribution >= 4 is 8.32 Å². The van der Waals surface area contributed by atoms with Crippen LogP contribution in [0, 0.1) is 0 Å². The van der Waals surface area contributed by atoms with Gasteiger partial charge in [0.2, 0.25) is 0 Å². The first-order chi connectivity index (χ1) is 50.8. The van der Waals surface area contributed by atoms with Crippen molar-refractivity contribution in [2.45, 2.75) is 197 Å². The van der Waals surface area contributed by atoms with E-state index >= 15 is 0 Å². The molecule has 0 aliphatic carbocycles. The molecule has 12 rings (SSSR count). The number of hydrogen-bond donors (Lipinski definition) is 0. The third kappa shape index (κ3) is 21.6. The van der Waals surface area contributed by atoms with Crippen molar-refractivity contribution in [1.29, 1.82) is 0 Å². The van der Waals surface area contributed by atoms with Crippen LogP contribution in [-0.4, -0.2) is 114 Å². The summed E-state index contributed by atoms with van der Waals surface area (Å²) in [6, 6.07) is 93.6. The van der Waals surface area contributed by atoms with E-state index in [4.69, 9.17) is 70.7 Å². The highest BCUT2D eigenvalue weighted by atomic mass is 28.4. The fourth-order valence-electron chi connectivity index (χ4n) is 13.6. The van der Waals surface area contributed by atoms with Gasteiger partial charge in [-0.15, -0.1) is 0 Å². The second-order valence-electron chi connectivity index (χ2n) is 26.7. The van der Waals surface area contributed by atoms with Crippen LogP contribution in [0.5, 0.6) is 0 Å². The largest absolute Gasteiger partial charge is 0.409 e. The second-order valence-corrected chi connectivity index (χ2v) is 31.4. The van der Waals surface area contributed by atoms with Gasteiger partial charge in [-0.2, -0.15) is 0 Å². The SMILES string of the molecule is CC[Si](CC)(CC)O[C@@H]1[C@H](OCc2ccccc2)[C@@H](OCc2ccccc2)[C@H](O[C@H]2[C@H](OCc3ccccc3)[C@@H](OCc3ccccc3)[C@@H](O[C@H]3[C@H](OCc4ccccc4)[C@@H](OCc4ccccc4)[C@H](OCc4ccccc4)O[C@@H]3COCc3ccccc3)O[C@@H]2COCc2ccccc2)O[C@@H]1C. The maximum absolute atomic E-state index is 7.88. The smallest absolute Gasteiger partial charge is 0.192 e. The topological polar surface area (TPSA) is 138 Å². The molecule has 9 aromatic carbocycles. The van der Waals surface area contributed by atoms with E-state index < -0.39 is 100 Å². The average molecular weight is 1410 g/mol. The molecule has 16 heteroatoms. The monoisotopic (exact) mass is 1410 g/mol. The summed E-state index contributed by atoms with van der Waals surface area (Å²) in [5.74, 6) is 0. The Morgan fingerprint density at radius 3 is 0.777 bits per heavy atom. The van der Waals surface area contributed by atoms with Gasteiger partial charge in [0.15, 0.2) is 27.2 Å². The summed E-state index contributed by atoms with van der Waals surface area (Å²) in [7, 11) is -2.35. The molecule has 0 radical (unpaired) electrons. The molecular weight excluding hydrogens is 1310 g/mol. The van der Waals surface area contributed by atoms with E-state index in [-0.39, 0.29) is 72.7 Å². The Morgan fingerprint density at radius 1 is 0.252 bits per heavy atom. The zero-order valence-corrected chi connectivity index (χ0v) is 60.7. The first kappa shape index (κ1) is 75.3. The van der Waals surface area contributed by atoms with E-state index in [1.54, 1.807) is 0 Å². The molecule has 0 saturated carbocycles. The van der Waals surface area contributed by atoms with Crippen LogP contribution >= 0.6 is 0 Å². The molecule has 3 aliphatic heterocycles. The van der Waals surface area contributed by atoms with Gasteiger partial charge in [-0.3, -0.25) is 0 Å². The van der Waals surface area contributed by atoms with Crippen molar-refractivity contribution in [3.63, 3.8) is 0 Å². The Labute approximate surface area is 609 Å². The minimum atomic E-state index is -2.35. The molecule has 3 saturated heterocycles. The molecule has 0 unspecified atom stereocenters. The van der Waals surface area contributed by atoms with E-state index in [2.05, 4.69) is 52.0 Å². The molecule has 3 heterocycles. The van der Waals surface area contributed by atoms with Gasteiger partial charge in [0.1, 0.15) is 61.0 Å². The molecule has 0 amide bonds. The Morgan fingerprint density at radius 2 is 0.485 bits per heavy atom. The van der Waals surface area contributed by atoms with Crippen LogP contribution in [0.15, 0.2) is 273 Å². The number of benzene rings is 9. The summed E-state index contributed by atoms with van der Waals surface area (Å²) in [4.78, 5) is 0. The van der Waals surface area contributed by atoms with Gasteiger partial charge in [0, 0.05) is 0 Å². The molecule has 15 nitrogen and oxygen atoms in total. The van der Waals surface area contributed by atoms with Gasteiger partial charge >= 0.3 is 0 Å². The first-order valence-electron chi connectivity index (χ1n) is 36.6. The van der Waals surface area contributed by atoms with Crippen LogP contribution in [-0.2, 0) is 130 Å². The minimum Gasteiger partial charge on any atom is -0.409 e. The van der Waals surface area contributed by atoms with Crippen LogP contribution in [0.1, 0.15) is 77.8 Å². The molecule has 0 N–H and O–H groups in total. The Balaban J connectivity index is 0.985.